The van der Waals surface area contributed by atoms with Gasteiger partial charge in [-0.1, -0.05) is 46.8 Å². The largest absolute Gasteiger partial charge is 0.347 e. The summed E-state index contributed by atoms with van der Waals surface area (Å²) in [6.07, 6.45) is 2.24. The van der Waals surface area contributed by atoms with Gasteiger partial charge in [-0.3, -0.25) is 0 Å². The van der Waals surface area contributed by atoms with Gasteiger partial charge in [0.1, 0.15) is 0 Å². The molecule has 0 radical (unpaired) electrons. The maximum absolute atomic E-state index is 6.14. The van der Waals surface area contributed by atoms with E-state index in [1.807, 2.05) is 0 Å². The lowest BCUT2D eigenvalue weighted by Crippen LogP contribution is -2.14. The highest BCUT2D eigenvalue weighted by Gasteiger charge is 2.17. The molecule has 2 heteroatoms. The Morgan fingerprint density at radius 1 is 1.15 bits per heavy atom. The molecule has 0 aliphatic carbocycles. The van der Waals surface area contributed by atoms with Crippen molar-refractivity contribution in [2.45, 2.75) is 60.0 Å². The molecule has 2 nitrogen and oxygen atoms in total. The van der Waals surface area contributed by atoms with Gasteiger partial charge in [0.05, 0.1) is 0 Å². The molecular formula is C18H28N2. The van der Waals surface area contributed by atoms with E-state index in [-0.39, 0.29) is 11.5 Å². The molecule has 0 bridgehead atoms. The number of aromatic nitrogens is 1. The highest BCUT2D eigenvalue weighted by molar-refractivity contribution is 5.85. The first kappa shape index (κ1) is 15.1. The molecule has 0 fully saturated rings. The number of rotatable bonds is 3. The number of nitrogens with two attached hydrogens (primary N) is 1. The monoisotopic (exact) mass is 272 g/mol. The molecule has 1 aromatic carbocycles. The van der Waals surface area contributed by atoms with Crippen molar-refractivity contribution in [3.05, 3.63) is 35.5 Å². The topological polar surface area (TPSA) is 30.9 Å². The Hall–Kier alpha value is -1.28. The summed E-state index contributed by atoms with van der Waals surface area (Å²) in [5, 5.41) is 1.30. The van der Waals surface area contributed by atoms with Crippen LogP contribution in [0.1, 0.15) is 64.6 Å². The van der Waals surface area contributed by atoms with Crippen LogP contribution in [-0.4, -0.2) is 4.57 Å². The molecule has 2 N–H and O–H groups in total. The second-order valence-electron chi connectivity index (χ2n) is 7.49. The van der Waals surface area contributed by atoms with Gasteiger partial charge in [-0.15, -0.1) is 0 Å². The number of fused-ring (bicyclic) bond motifs is 1. The van der Waals surface area contributed by atoms with Crippen LogP contribution in [0.25, 0.3) is 10.9 Å². The van der Waals surface area contributed by atoms with Crippen LogP contribution >= 0.6 is 0 Å². The molecule has 2 aromatic rings. The third-order valence-corrected chi connectivity index (χ3v) is 3.74. The Kier molecular flexibility index (Phi) is 3.97. The molecule has 0 amide bonds. The van der Waals surface area contributed by atoms with E-state index in [1.54, 1.807) is 0 Å². The third kappa shape index (κ3) is 3.06. The predicted octanol–water partition coefficient (Wildman–Crippen LogP) is 4.83. The number of benzene rings is 1. The van der Waals surface area contributed by atoms with Crippen LogP contribution < -0.4 is 5.73 Å². The Morgan fingerprint density at radius 3 is 2.30 bits per heavy atom. The van der Waals surface area contributed by atoms with Gasteiger partial charge in [-0.2, -0.15) is 0 Å². The predicted molar refractivity (Wildman–Crippen MR) is 88.1 cm³/mol. The van der Waals surface area contributed by atoms with E-state index < -0.39 is 0 Å². The van der Waals surface area contributed by atoms with Crippen LogP contribution in [0.4, 0.5) is 0 Å². The van der Waals surface area contributed by atoms with E-state index in [0.29, 0.717) is 5.92 Å². The maximum atomic E-state index is 6.14. The molecule has 0 aliphatic heterocycles. The van der Waals surface area contributed by atoms with Gasteiger partial charge >= 0.3 is 0 Å². The van der Waals surface area contributed by atoms with E-state index >= 15 is 0 Å². The van der Waals surface area contributed by atoms with Crippen LogP contribution in [0.15, 0.2) is 24.4 Å². The van der Waals surface area contributed by atoms with Crippen molar-refractivity contribution in [3.8, 4) is 0 Å². The Labute approximate surface area is 123 Å². The summed E-state index contributed by atoms with van der Waals surface area (Å²) in [5.74, 6) is 0.552. The summed E-state index contributed by atoms with van der Waals surface area (Å²) in [7, 11) is 0. The van der Waals surface area contributed by atoms with E-state index in [4.69, 9.17) is 5.73 Å². The first-order chi connectivity index (χ1) is 9.19. The highest BCUT2D eigenvalue weighted by Crippen LogP contribution is 2.30. The lowest BCUT2D eigenvalue weighted by molar-refractivity contribution is 0.349. The molecule has 1 heterocycles. The molecule has 0 unspecified atom stereocenters. The van der Waals surface area contributed by atoms with E-state index in [2.05, 4.69) is 70.5 Å². The molecule has 0 aliphatic rings. The van der Waals surface area contributed by atoms with Crippen LogP contribution in [0.2, 0.25) is 0 Å². The fraction of sp³-hybridized carbons (Fsp3) is 0.556. The summed E-state index contributed by atoms with van der Waals surface area (Å²) in [4.78, 5) is 0. The number of nitrogens with zero attached hydrogens (tertiary/aromatic N) is 1. The van der Waals surface area contributed by atoms with Crippen molar-refractivity contribution < 1.29 is 0 Å². The lowest BCUT2D eigenvalue weighted by atomic mass is 9.96. The lowest BCUT2D eigenvalue weighted by Gasteiger charge is -2.20. The van der Waals surface area contributed by atoms with Crippen molar-refractivity contribution in [1.82, 2.24) is 4.57 Å². The van der Waals surface area contributed by atoms with E-state index in [1.165, 1.54) is 22.0 Å². The SMILES string of the molecule is CC(C)c1ccc2c([C@@H](C)N)cn(CC(C)(C)C)c2c1. The zero-order valence-corrected chi connectivity index (χ0v) is 13.7. The molecule has 1 aromatic heterocycles. The number of hydrogen-bond acceptors (Lipinski definition) is 1. The Bertz CT molecular complexity index is 598. The normalized spacial score (nSPS) is 14.2. The molecule has 0 saturated carbocycles. The molecule has 1 atom stereocenters. The summed E-state index contributed by atoms with van der Waals surface area (Å²) >= 11 is 0. The minimum absolute atomic E-state index is 0.0728. The first-order valence-electron chi connectivity index (χ1n) is 7.57. The minimum atomic E-state index is 0.0728. The van der Waals surface area contributed by atoms with Gasteiger partial charge in [0, 0.05) is 29.7 Å². The standard InChI is InChI=1S/C18H28N2/c1-12(2)14-7-8-15-16(13(3)19)10-20(17(15)9-14)11-18(4,5)6/h7-10,12-13H,11,19H2,1-6H3/t13-/m1/s1. The molecule has 20 heavy (non-hydrogen) atoms. The van der Waals surface area contributed by atoms with Crippen molar-refractivity contribution in [2.24, 2.45) is 11.1 Å². The average molecular weight is 272 g/mol. The molecule has 110 valence electrons. The van der Waals surface area contributed by atoms with E-state index in [9.17, 15) is 0 Å². The zero-order valence-electron chi connectivity index (χ0n) is 13.7. The van der Waals surface area contributed by atoms with Gasteiger partial charge < -0.3 is 10.3 Å². The van der Waals surface area contributed by atoms with Crippen molar-refractivity contribution in [3.63, 3.8) is 0 Å². The van der Waals surface area contributed by atoms with Crippen molar-refractivity contribution in [2.75, 3.05) is 0 Å². The summed E-state index contributed by atoms with van der Waals surface area (Å²) in [6, 6.07) is 6.88. The fourth-order valence-corrected chi connectivity index (χ4v) is 2.70. The van der Waals surface area contributed by atoms with E-state index in [0.717, 1.165) is 6.54 Å². The molecule has 2 rings (SSSR count). The summed E-state index contributed by atoms with van der Waals surface area (Å²) in [6.45, 7) is 14.4. The van der Waals surface area contributed by atoms with Gasteiger partial charge in [0.2, 0.25) is 0 Å². The second-order valence-corrected chi connectivity index (χ2v) is 7.49. The minimum Gasteiger partial charge on any atom is -0.347 e. The Balaban J connectivity index is 2.62. The van der Waals surface area contributed by atoms with Gasteiger partial charge in [0.25, 0.3) is 0 Å². The smallest absolute Gasteiger partial charge is 0.0486 e. The molecule has 0 saturated heterocycles. The van der Waals surface area contributed by atoms with Crippen molar-refractivity contribution in [1.29, 1.82) is 0 Å². The highest BCUT2D eigenvalue weighted by atomic mass is 15.0. The van der Waals surface area contributed by atoms with Crippen LogP contribution in [0.3, 0.4) is 0 Å². The summed E-state index contributed by atoms with van der Waals surface area (Å²) < 4.78 is 2.37. The molecule has 0 spiro atoms. The zero-order chi connectivity index (χ0) is 15.1. The van der Waals surface area contributed by atoms with Crippen molar-refractivity contribution >= 4 is 10.9 Å². The molecular weight excluding hydrogens is 244 g/mol. The maximum Gasteiger partial charge on any atom is 0.0486 e. The van der Waals surface area contributed by atoms with Crippen LogP contribution in [-0.2, 0) is 6.54 Å². The second kappa shape index (κ2) is 5.25. The summed E-state index contributed by atoms with van der Waals surface area (Å²) in [5.41, 5.74) is 10.4. The first-order valence-corrected chi connectivity index (χ1v) is 7.57. The van der Waals surface area contributed by atoms with Gasteiger partial charge in [0.15, 0.2) is 0 Å². The third-order valence-electron chi connectivity index (χ3n) is 3.74. The van der Waals surface area contributed by atoms with Gasteiger partial charge in [-0.05, 0) is 35.4 Å². The van der Waals surface area contributed by atoms with Crippen LogP contribution in [0, 0.1) is 5.41 Å². The van der Waals surface area contributed by atoms with Crippen LogP contribution in [0.5, 0.6) is 0 Å². The number of hydrogen-bond donors (Lipinski definition) is 1. The Morgan fingerprint density at radius 2 is 1.80 bits per heavy atom. The quantitative estimate of drug-likeness (QED) is 0.852. The average Bonchev–Trinajstić information content (AvgIpc) is 2.65. The fourth-order valence-electron chi connectivity index (χ4n) is 2.70. The van der Waals surface area contributed by atoms with Gasteiger partial charge in [-0.25, -0.2) is 0 Å².